The second-order valence-electron chi connectivity index (χ2n) is 8.05. The van der Waals surface area contributed by atoms with Crippen LogP contribution in [0.1, 0.15) is 50.2 Å². The number of fused-ring (bicyclic) bond motifs is 1. The molecular formula is C23H27ClN2O2. The van der Waals surface area contributed by atoms with Crippen molar-refractivity contribution in [2.75, 3.05) is 13.1 Å². The fraction of sp³-hybridized carbons (Fsp3) is 0.391. The van der Waals surface area contributed by atoms with Crippen LogP contribution in [0.2, 0.25) is 0 Å². The molecule has 2 N–H and O–H groups in total. The molecule has 2 aliphatic rings. The summed E-state index contributed by atoms with van der Waals surface area (Å²) >= 11 is 0. The molecule has 2 fully saturated rings. The van der Waals surface area contributed by atoms with Crippen LogP contribution in [0.4, 0.5) is 0 Å². The Morgan fingerprint density at radius 3 is 2.36 bits per heavy atom. The zero-order valence-corrected chi connectivity index (χ0v) is 17.2. The highest BCUT2D eigenvalue weighted by molar-refractivity contribution is 6.15. The van der Waals surface area contributed by atoms with E-state index in [-0.39, 0.29) is 30.1 Å². The van der Waals surface area contributed by atoms with Gasteiger partial charge in [0, 0.05) is 30.3 Å². The van der Waals surface area contributed by atoms with Gasteiger partial charge < -0.3 is 10.6 Å². The standard InChI is InChI=1S/C23H26N2O2.ClH/c1-14-7-8-16(11-15(14)2)22(26)18-5-3-4-6-19(18)23(27)25-12-17-9-10-21(24)20(17)13-25;/h3-8,11,17,20-21H,9-10,12-13,24H2,1-2H3;1H. The molecule has 0 aromatic heterocycles. The molecular weight excluding hydrogens is 372 g/mol. The molecule has 148 valence electrons. The van der Waals surface area contributed by atoms with Crippen LogP contribution in [-0.2, 0) is 0 Å². The maximum absolute atomic E-state index is 13.2. The number of nitrogens with zero attached hydrogens (tertiary/aromatic N) is 1. The topological polar surface area (TPSA) is 63.4 Å². The van der Waals surface area contributed by atoms with Crippen molar-refractivity contribution < 1.29 is 9.59 Å². The van der Waals surface area contributed by atoms with E-state index in [1.807, 2.05) is 49.1 Å². The van der Waals surface area contributed by atoms with Crippen molar-refractivity contribution >= 4 is 24.1 Å². The molecule has 1 saturated carbocycles. The third-order valence-electron chi connectivity index (χ3n) is 6.37. The second kappa shape index (κ2) is 8.06. The fourth-order valence-electron chi connectivity index (χ4n) is 4.55. The Hall–Kier alpha value is -2.17. The monoisotopic (exact) mass is 398 g/mol. The molecule has 1 saturated heterocycles. The van der Waals surface area contributed by atoms with E-state index in [1.165, 1.54) is 0 Å². The van der Waals surface area contributed by atoms with Gasteiger partial charge in [0.25, 0.3) is 5.91 Å². The molecule has 2 aromatic carbocycles. The van der Waals surface area contributed by atoms with Crippen LogP contribution < -0.4 is 5.73 Å². The zero-order valence-electron chi connectivity index (χ0n) is 16.4. The minimum absolute atomic E-state index is 0. The number of aryl methyl sites for hydroxylation is 2. The van der Waals surface area contributed by atoms with Gasteiger partial charge in [0.05, 0.1) is 5.56 Å². The molecule has 0 radical (unpaired) electrons. The maximum Gasteiger partial charge on any atom is 0.254 e. The van der Waals surface area contributed by atoms with Crippen LogP contribution in [0, 0.1) is 25.7 Å². The largest absolute Gasteiger partial charge is 0.338 e. The van der Waals surface area contributed by atoms with Crippen molar-refractivity contribution in [1.82, 2.24) is 4.90 Å². The lowest BCUT2D eigenvalue weighted by atomic mass is 9.95. The van der Waals surface area contributed by atoms with E-state index in [2.05, 4.69) is 0 Å². The summed E-state index contributed by atoms with van der Waals surface area (Å²) in [5.41, 5.74) is 10.0. The molecule has 0 bridgehead atoms. The molecule has 0 spiro atoms. The number of rotatable bonds is 3. The number of nitrogens with two attached hydrogens (primary N) is 1. The summed E-state index contributed by atoms with van der Waals surface area (Å²) < 4.78 is 0. The molecule has 2 aromatic rings. The fourth-order valence-corrected chi connectivity index (χ4v) is 4.55. The number of likely N-dealkylation sites (tertiary alicyclic amines) is 1. The number of ketones is 1. The zero-order chi connectivity index (χ0) is 19.1. The Labute approximate surface area is 172 Å². The number of benzene rings is 2. The van der Waals surface area contributed by atoms with Gasteiger partial charge in [0.2, 0.25) is 0 Å². The number of hydrogen-bond donors (Lipinski definition) is 1. The average Bonchev–Trinajstić information content (AvgIpc) is 3.25. The molecule has 4 rings (SSSR count). The van der Waals surface area contributed by atoms with E-state index in [0.29, 0.717) is 35.1 Å². The SMILES string of the molecule is Cc1ccc(C(=O)c2ccccc2C(=O)N2CC3CCC(N)C3C2)cc1C.Cl. The number of carbonyl (C=O) groups excluding carboxylic acids is 2. The molecule has 3 unspecified atom stereocenters. The lowest BCUT2D eigenvalue weighted by Gasteiger charge is -2.20. The number of amides is 1. The Balaban J connectivity index is 0.00000225. The Kier molecular flexibility index (Phi) is 5.92. The highest BCUT2D eigenvalue weighted by Gasteiger charge is 2.43. The highest BCUT2D eigenvalue weighted by atomic mass is 35.5. The van der Waals surface area contributed by atoms with E-state index >= 15 is 0 Å². The molecule has 1 aliphatic carbocycles. The molecule has 1 aliphatic heterocycles. The van der Waals surface area contributed by atoms with Crippen LogP contribution in [0.5, 0.6) is 0 Å². The Morgan fingerprint density at radius 2 is 1.68 bits per heavy atom. The van der Waals surface area contributed by atoms with Gasteiger partial charge in [-0.15, -0.1) is 12.4 Å². The van der Waals surface area contributed by atoms with Crippen molar-refractivity contribution in [3.8, 4) is 0 Å². The lowest BCUT2D eigenvalue weighted by molar-refractivity contribution is 0.0775. The van der Waals surface area contributed by atoms with Crippen molar-refractivity contribution in [3.05, 3.63) is 70.3 Å². The van der Waals surface area contributed by atoms with Crippen molar-refractivity contribution in [2.45, 2.75) is 32.7 Å². The first-order chi connectivity index (χ1) is 13.0. The van der Waals surface area contributed by atoms with Crippen molar-refractivity contribution in [2.24, 2.45) is 17.6 Å². The summed E-state index contributed by atoms with van der Waals surface area (Å²) in [6, 6.07) is 13.1. The summed E-state index contributed by atoms with van der Waals surface area (Å²) in [6.07, 6.45) is 2.15. The average molecular weight is 399 g/mol. The van der Waals surface area contributed by atoms with E-state index < -0.39 is 0 Å². The summed E-state index contributed by atoms with van der Waals surface area (Å²) in [7, 11) is 0. The molecule has 28 heavy (non-hydrogen) atoms. The van der Waals surface area contributed by atoms with Crippen LogP contribution in [0.25, 0.3) is 0 Å². The number of carbonyl (C=O) groups is 2. The molecule has 1 amide bonds. The van der Waals surface area contributed by atoms with E-state index in [0.717, 1.165) is 30.5 Å². The van der Waals surface area contributed by atoms with Gasteiger partial charge in [-0.25, -0.2) is 0 Å². The quantitative estimate of drug-likeness (QED) is 0.800. The molecule has 1 heterocycles. The number of hydrogen-bond acceptors (Lipinski definition) is 3. The second-order valence-corrected chi connectivity index (χ2v) is 8.05. The molecule has 3 atom stereocenters. The minimum Gasteiger partial charge on any atom is -0.338 e. The van der Waals surface area contributed by atoms with Gasteiger partial charge in [0.1, 0.15) is 0 Å². The minimum atomic E-state index is -0.0989. The van der Waals surface area contributed by atoms with Gasteiger partial charge in [0.15, 0.2) is 5.78 Å². The predicted molar refractivity (Wildman–Crippen MR) is 113 cm³/mol. The van der Waals surface area contributed by atoms with E-state index in [9.17, 15) is 9.59 Å². The van der Waals surface area contributed by atoms with Crippen molar-refractivity contribution in [3.63, 3.8) is 0 Å². The first-order valence-corrected chi connectivity index (χ1v) is 9.71. The van der Waals surface area contributed by atoms with Gasteiger partial charge in [-0.1, -0.05) is 30.3 Å². The van der Waals surface area contributed by atoms with Crippen LogP contribution in [0.3, 0.4) is 0 Å². The van der Waals surface area contributed by atoms with Gasteiger partial charge in [-0.05, 0) is 61.8 Å². The lowest BCUT2D eigenvalue weighted by Crippen LogP contribution is -2.34. The predicted octanol–water partition coefficient (Wildman–Crippen LogP) is 3.77. The Bertz CT molecular complexity index is 911. The first kappa shape index (κ1) is 20.6. The third-order valence-corrected chi connectivity index (χ3v) is 6.37. The van der Waals surface area contributed by atoms with Crippen LogP contribution >= 0.6 is 12.4 Å². The smallest absolute Gasteiger partial charge is 0.254 e. The first-order valence-electron chi connectivity index (χ1n) is 9.71. The normalized spacial score (nSPS) is 23.2. The summed E-state index contributed by atoms with van der Waals surface area (Å²) in [6.45, 7) is 5.48. The van der Waals surface area contributed by atoms with Gasteiger partial charge in [-0.2, -0.15) is 0 Å². The summed E-state index contributed by atoms with van der Waals surface area (Å²) in [4.78, 5) is 28.2. The molecule has 4 nitrogen and oxygen atoms in total. The highest BCUT2D eigenvalue weighted by Crippen LogP contribution is 2.37. The van der Waals surface area contributed by atoms with Gasteiger partial charge >= 0.3 is 0 Å². The summed E-state index contributed by atoms with van der Waals surface area (Å²) in [5.74, 6) is 0.755. The summed E-state index contributed by atoms with van der Waals surface area (Å²) in [5, 5.41) is 0. The van der Waals surface area contributed by atoms with Crippen LogP contribution in [-0.4, -0.2) is 35.7 Å². The maximum atomic E-state index is 13.2. The van der Waals surface area contributed by atoms with E-state index in [4.69, 9.17) is 5.73 Å². The molecule has 5 heteroatoms. The van der Waals surface area contributed by atoms with E-state index in [1.54, 1.807) is 12.1 Å². The Morgan fingerprint density at radius 1 is 0.964 bits per heavy atom. The number of halogens is 1. The van der Waals surface area contributed by atoms with Crippen molar-refractivity contribution in [1.29, 1.82) is 0 Å². The van der Waals surface area contributed by atoms with Gasteiger partial charge in [-0.3, -0.25) is 9.59 Å². The third kappa shape index (κ3) is 3.59. The van der Waals surface area contributed by atoms with Crippen LogP contribution in [0.15, 0.2) is 42.5 Å².